The fourth-order valence-electron chi connectivity index (χ4n) is 1.61. The van der Waals surface area contributed by atoms with Gasteiger partial charge in [-0.15, -0.1) is 0 Å². The summed E-state index contributed by atoms with van der Waals surface area (Å²) in [6, 6.07) is 2.63. The van der Waals surface area contributed by atoms with Gasteiger partial charge in [0, 0.05) is 11.6 Å². The zero-order valence-corrected chi connectivity index (χ0v) is 11.9. The van der Waals surface area contributed by atoms with Crippen molar-refractivity contribution in [3.05, 3.63) is 41.2 Å². The molecule has 0 fully saturated rings. The molecule has 1 aromatic rings. The molecule has 1 rings (SSSR count). The third-order valence-electron chi connectivity index (χ3n) is 2.68. The van der Waals surface area contributed by atoms with Crippen LogP contribution >= 0.6 is 11.6 Å². The van der Waals surface area contributed by atoms with Crippen molar-refractivity contribution in [3.63, 3.8) is 0 Å². The van der Waals surface area contributed by atoms with Crippen LogP contribution in [0.25, 0.3) is 0 Å². The third-order valence-corrected chi connectivity index (χ3v) is 2.97. The zero-order chi connectivity index (χ0) is 15.1. The van der Waals surface area contributed by atoms with Crippen LogP contribution in [0.2, 0.25) is 5.02 Å². The number of hydrogen-bond acceptors (Lipinski definition) is 2. The quantitative estimate of drug-likeness (QED) is 0.647. The number of carbonyl (C=O) groups excluding carboxylic acids is 2. The molecule has 0 aliphatic rings. The molecule has 0 heterocycles. The van der Waals surface area contributed by atoms with Crippen molar-refractivity contribution in [3.8, 4) is 0 Å². The Bertz CT molecular complexity index is 520. The van der Waals surface area contributed by atoms with Gasteiger partial charge in [0.25, 0.3) is 0 Å². The smallest absolute Gasteiger partial charge is 0.319 e. The van der Waals surface area contributed by atoms with Crippen LogP contribution in [0.4, 0.5) is 14.9 Å². The van der Waals surface area contributed by atoms with Crippen LogP contribution in [0.5, 0.6) is 0 Å². The van der Waals surface area contributed by atoms with Crippen molar-refractivity contribution < 1.29 is 14.0 Å². The fraction of sp³-hybridized carbons (Fsp3) is 0.286. The number of nitrogens with one attached hydrogen (secondary N) is 2. The number of allylic oxidation sites excluding steroid dienone is 1. The minimum Gasteiger partial charge on any atom is -0.328 e. The Morgan fingerprint density at radius 1 is 1.45 bits per heavy atom. The Morgan fingerprint density at radius 3 is 2.70 bits per heavy atom. The number of urea groups is 1. The van der Waals surface area contributed by atoms with Crippen LogP contribution in [0.3, 0.4) is 0 Å². The SMILES string of the molecule is C/C=C\C(C)[C@H](C=O)NC(=O)Nc1ccc(F)c(Cl)c1. The van der Waals surface area contributed by atoms with Crippen molar-refractivity contribution in [2.24, 2.45) is 5.92 Å². The van der Waals surface area contributed by atoms with E-state index in [0.717, 1.165) is 6.07 Å². The molecule has 0 saturated heterocycles. The molecule has 0 aliphatic carbocycles. The standard InChI is InChI=1S/C14H16ClFN2O2/c1-3-4-9(2)13(8-19)18-14(20)17-10-5-6-12(16)11(15)7-10/h3-9,13H,1-2H3,(H2,17,18,20)/b4-3-/t9?,13-/m0/s1. The molecule has 0 spiro atoms. The van der Waals surface area contributed by atoms with Crippen molar-refractivity contribution in [2.75, 3.05) is 5.32 Å². The van der Waals surface area contributed by atoms with Crippen LogP contribution in [-0.4, -0.2) is 18.4 Å². The second kappa shape index (κ2) is 7.65. The van der Waals surface area contributed by atoms with Crippen molar-refractivity contribution >= 4 is 29.6 Å². The predicted molar refractivity (Wildman–Crippen MR) is 77.4 cm³/mol. The molecule has 0 radical (unpaired) electrons. The van der Waals surface area contributed by atoms with Crippen LogP contribution in [0.1, 0.15) is 13.8 Å². The second-order valence-electron chi connectivity index (χ2n) is 4.27. The van der Waals surface area contributed by atoms with Gasteiger partial charge in [-0.3, -0.25) is 0 Å². The number of halogens is 2. The van der Waals surface area contributed by atoms with Crippen molar-refractivity contribution in [2.45, 2.75) is 19.9 Å². The number of benzene rings is 1. The van der Waals surface area contributed by atoms with E-state index < -0.39 is 17.9 Å². The summed E-state index contributed by atoms with van der Waals surface area (Å²) >= 11 is 5.61. The molecule has 2 N–H and O–H groups in total. The molecule has 2 amide bonds. The van der Waals surface area contributed by atoms with E-state index in [4.69, 9.17) is 11.6 Å². The van der Waals surface area contributed by atoms with E-state index in [1.165, 1.54) is 12.1 Å². The number of aldehydes is 1. The molecule has 2 atom stereocenters. The molecule has 0 saturated carbocycles. The maximum Gasteiger partial charge on any atom is 0.319 e. The molecule has 20 heavy (non-hydrogen) atoms. The molecule has 0 aliphatic heterocycles. The highest BCUT2D eigenvalue weighted by molar-refractivity contribution is 6.31. The number of anilines is 1. The minimum atomic E-state index is -0.637. The number of carbonyl (C=O) groups is 2. The third kappa shape index (κ3) is 4.66. The molecule has 1 aromatic carbocycles. The highest BCUT2D eigenvalue weighted by Crippen LogP contribution is 2.19. The first-order valence-corrected chi connectivity index (χ1v) is 6.46. The Morgan fingerprint density at radius 2 is 2.15 bits per heavy atom. The molecule has 4 nitrogen and oxygen atoms in total. The van der Waals surface area contributed by atoms with E-state index in [-0.39, 0.29) is 10.9 Å². The van der Waals surface area contributed by atoms with Gasteiger partial charge in [-0.2, -0.15) is 0 Å². The van der Waals surface area contributed by atoms with Gasteiger partial charge in [-0.05, 0) is 25.1 Å². The summed E-state index contributed by atoms with van der Waals surface area (Å²) in [5.74, 6) is -0.690. The van der Waals surface area contributed by atoms with Crippen molar-refractivity contribution in [1.29, 1.82) is 0 Å². The summed E-state index contributed by atoms with van der Waals surface area (Å²) in [4.78, 5) is 22.7. The van der Waals surface area contributed by atoms with Gasteiger partial charge in [0.05, 0.1) is 11.1 Å². The maximum absolute atomic E-state index is 13.0. The van der Waals surface area contributed by atoms with E-state index >= 15 is 0 Å². The normalized spacial score (nSPS) is 13.8. The predicted octanol–water partition coefficient (Wildman–Crippen LogP) is 3.38. The van der Waals surface area contributed by atoms with Crippen LogP contribution in [-0.2, 0) is 4.79 Å². The van der Waals surface area contributed by atoms with E-state index in [1.807, 2.05) is 19.9 Å². The molecule has 108 valence electrons. The largest absolute Gasteiger partial charge is 0.328 e. The second-order valence-corrected chi connectivity index (χ2v) is 4.68. The van der Waals surface area contributed by atoms with E-state index in [1.54, 1.807) is 6.08 Å². The van der Waals surface area contributed by atoms with Gasteiger partial charge in [-0.25, -0.2) is 9.18 Å². The zero-order valence-electron chi connectivity index (χ0n) is 11.2. The average Bonchev–Trinajstić information content (AvgIpc) is 2.40. The van der Waals surface area contributed by atoms with Crippen LogP contribution < -0.4 is 10.6 Å². The summed E-state index contributed by atoms with van der Waals surface area (Å²) in [5, 5.41) is 4.93. The number of rotatable bonds is 5. The molecular weight excluding hydrogens is 283 g/mol. The average molecular weight is 299 g/mol. The Kier molecular flexibility index (Phi) is 6.18. The van der Waals surface area contributed by atoms with Gasteiger partial charge < -0.3 is 15.4 Å². The topological polar surface area (TPSA) is 58.2 Å². The van der Waals surface area contributed by atoms with Gasteiger partial charge in [0.15, 0.2) is 0 Å². The summed E-state index contributed by atoms with van der Waals surface area (Å²) in [6.07, 6.45) is 4.29. The van der Waals surface area contributed by atoms with Crippen LogP contribution in [0.15, 0.2) is 30.4 Å². The summed E-state index contributed by atoms with van der Waals surface area (Å²) < 4.78 is 13.0. The summed E-state index contributed by atoms with van der Waals surface area (Å²) in [6.45, 7) is 3.65. The van der Waals surface area contributed by atoms with Gasteiger partial charge >= 0.3 is 6.03 Å². The van der Waals surface area contributed by atoms with Crippen LogP contribution in [0, 0.1) is 11.7 Å². The van der Waals surface area contributed by atoms with Gasteiger partial charge in [0.2, 0.25) is 0 Å². The monoisotopic (exact) mass is 298 g/mol. The maximum atomic E-state index is 13.0. The summed E-state index contributed by atoms with van der Waals surface area (Å²) in [7, 11) is 0. The Balaban J connectivity index is 2.66. The lowest BCUT2D eigenvalue weighted by Crippen LogP contribution is -2.42. The van der Waals surface area contributed by atoms with Gasteiger partial charge in [0.1, 0.15) is 12.1 Å². The van der Waals surface area contributed by atoms with E-state index in [2.05, 4.69) is 10.6 Å². The first-order valence-electron chi connectivity index (χ1n) is 6.08. The number of amides is 2. The molecule has 6 heteroatoms. The Hall–Kier alpha value is -1.88. The van der Waals surface area contributed by atoms with Gasteiger partial charge in [-0.1, -0.05) is 30.7 Å². The minimum absolute atomic E-state index is 0.0861. The lowest BCUT2D eigenvalue weighted by molar-refractivity contribution is -0.109. The first kappa shape index (κ1) is 16.2. The highest BCUT2D eigenvalue weighted by Gasteiger charge is 2.16. The summed E-state index contributed by atoms with van der Waals surface area (Å²) in [5.41, 5.74) is 0.345. The highest BCUT2D eigenvalue weighted by atomic mass is 35.5. The number of hydrogen-bond donors (Lipinski definition) is 2. The fourth-order valence-corrected chi connectivity index (χ4v) is 1.79. The lowest BCUT2D eigenvalue weighted by atomic mass is 10.0. The molecule has 0 aromatic heterocycles. The molecule has 1 unspecified atom stereocenters. The lowest BCUT2D eigenvalue weighted by Gasteiger charge is -2.17. The Labute approximate surface area is 122 Å². The van der Waals surface area contributed by atoms with Crippen molar-refractivity contribution in [1.82, 2.24) is 5.32 Å². The molecule has 0 bridgehead atoms. The van der Waals surface area contributed by atoms with E-state index in [9.17, 15) is 14.0 Å². The molecular formula is C14H16ClFN2O2. The van der Waals surface area contributed by atoms with E-state index in [0.29, 0.717) is 12.0 Å². The first-order chi connectivity index (χ1) is 9.47.